The first-order chi connectivity index (χ1) is 16.1. The van der Waals surface area contributed by atoms with Crippen LogP contribution in [0.3, 0.4) is 0 Å². The van der Waals surface area contributed by atoms with Crippen molar-refractivity contribution in [2.45, 2.75) is 13.1 Å². The van der Waals surface area contributed by atoms with Crippen LogP contribution < -0.4 is 15.7 Å². The van der Waals surface area contributed by atoms with E-state index in [1.54, 1.807) is 36.4 Å². The molecule has 0 aliphatic rings. The van der Waals surface area contributed by atoms with Crippen LogP contribution in [0, 0.1) is 0 Å². The summed E-state index contributed by atoms with van der Waals surface area (Å²) in [7, 11) is 0. The molecule has 8 nitrogen and oxygen atoms in total. The second-order valence-corrected chi connectivity index (χ2v) is 7.70. The summed E-state index contributed by atoms with van der Waals surface area (Å²) < 4.78 is 8.43. The Balaban J connectivity index is 1.50. The van der Waals surface area contributed by atoms with Crippen LogP contribution in [0.25, 0.3) is 16.7 Å². The number of ether oxygens (including phenoxy) is 1. The third-order valence-corrected chi connectivity index (χ3v) is 5.43. The lowest BCUT2D eigenvalue weighted by molar-refractivity contribution is -0.122. The maximum absolute atomic E-state index is 13.2. The molecule has 0 unspecified atom stereocenters. The van der Waals surface area contributed by atoms with E-state index in [1.807, 2.05) is 42.5 Å². The minimum absolute atomic E-state index is 0.173. The molecule has 2 heterocycles. The molecule has 3 aromatic carbocycles. The highest BCUT2D eigenvalue weighted by molar-refractivity contribution is 6.31. The van der Waals surface area contributed by atoms with Crippen LogP contribution >= 0.6 is 11.6 Å². The van der Waals surface area contributed by atoms with Gasteiger partial charge in [-0.3, -0.25) is 4.79 Å². The molecular weight excluding hydrogens is 442 g/mol. The van der Waals surface area contributed by atoms with Crippen molar-refractivity contribution in [3.8, 4) is 11.6 Å². The molecule has 0 atom stereocenters. The lowest BCUT2D eigenvalue weighted by Crippen LogP contribution is -2.32. The fourth-order valence-electron chi connectivity index (χ4n) is 3.47. The van der Waals surface area contributed by atoms with Crippen LogP contribution in [0.5, 0.6) is 11.6 Å². The highest BCUT2D eigenvalue weighted by Gasteiger charge is 2.19. The SMILES string of the molecule is O=C(Cn1nc2c(Oc3ccccc3)nc3ccccc3n2c1=O)NCc1ccccc1Cl. The number of carbonyl (C=O) groups excluding carboxylic acids is 1. The van der Waals surface area contributed by atoms with Crippen molar-refractivity contribution in [3.63, 3.8) is 0 Å². The summed E-state index contributed by atoms with van der Waals surface area (Å²) in [4.78, 5) is 30.3. The monoisotopic (exact) mass is 459 g/mol. The number of fused-ring (bicyclic) bond motifs is 3. The number of nitrogens with zero attached hydrogens (tertiary/aromatic N) is 4. The van der Waals surface area contributed by atoms with Gasteiger partial charge in [0, 0.05) is 11.6 Å². The summed E-state index contributed by atoms with van der Waals surface area (Å²) in [6.45, 7) is -0.0163. The van der Waals surface area contributed by atoms with Gasteiger partial charge < -0.3 is 10.1 Å². The second kappa shape index (κ2) is 8.76. The van der Waals surface area contributed by atoms with Crippen LogP contribution in [0.4, 0.5) is 0 Å². The Morgan fingerprint density at radius 1 is 0.970 bits per heavy atom. The minimum Gasteiger partial charge on any atom is -0.436 e. The Labute approximate surface area is 193 Å². The van der Waals surface area contributed by atoms with E-state index in [2.05, 4.69) is 15.4 Å². The smallest absolute Gasteiger partial charge is 0.351 e. The number of hydrogen-bond acceptors (Lipinski definition) is 5. The molecule has 0 bridgehead atoms. The highest BCUT2D eigenvalue weighted by Crippen LogP contribution is 2.25. The topological polar surface area (TPSA) is 90.5 Å². The zero-order chi connectivity index (χ0) is 22.8. The van der Waals surface area contributed by atoms with Crippen LogP contribution in [0.2, 0.25) is 5.02 Å². The number of halogens is 1. The fraction of sp³-hybridized carbons (Fsp3) is 0.0833. The molecule has 5 aromatic rings. The number of benzene rings is 3. The average molecular weight is 460 g/mol. The number of aromatic nitrogens is 4. The van der Waals surface area contributed by atoms with Crippen molar-refractivity contribution in [1.29, 1.82) is 0 Å². The van der Waals surface area contributed by atoms with Gasteiger partial charge in [-0.05, 0) is 35.9 Å². The molecule has 0 radical (unpaired) electrons. The lowest BCUT2D eigenvalue weighted by Gasteiger charge is -2.07. The van der Waals surface area contributed by atoms with E-state index in [0.717, 1.165) is 10.2 Å². The zero-order valence-electron chi connectivity index (χ0n) is 17.3. The molecule has 164 valence electrons. The summed E-state index contributed by atoms with van der Waals surface area (Å²) in [5.41, 5.74) is 1.68. The maximum atomic E-state index is 13.2. The van der Waals surface area contributed by atoms with Gasteiger partial charge in [-0.2, -0.15) is 0 Å². The Kier molecular flexibility index (Phi) is 5.50. The first kappa shape index (κ1) is 20.7. The summed E-state index contributed by atoms with van der Waals surface area (Å²) in [6.07, 6.45) is 0. The minimum atomic E-state index is -0.464. The van der Waals surface area contributed by atoms with Crippen molar-refractivity contribution in [2.75, 3.05) is 0 Å². The van der Waals surface area contributed by atoms with Crippen LogP contribution in [-0.4, -0.2) is 25.1 Å². The van der Waals surface area contributed by atoms with Gasteiger partial charge in [-0.25, -0.2) is 18.9 Å². The number of para-hydroxylation sites is 3. The fourth-order valence-corrected chi connectivity index (χ4v) is 3.67. The number of carbonyl (C=O) groups is 1. The molecule has 0 aliphatic carbocycles. The number of hydrogen-bond donors (Lipinski definition) is 1. The zero-order valence-corrected chi connectivity index (χ0v) is 18.1. The van der Waals surface area contributed by atoms with Gasteiger partial charge in [-0.1, -0.05) is 60.1 Å². The summed E-state index contributed by atoms with van der Waals surface area (Å²) in [5.74, 6) is 0.358. The van der Waals surface area contributed by atoms with Gasteiger partial charge in [-0.15, -0.1) is 5.10 Å². The molecule has 0 saturated heterocycles. The van der Waals surface area contributed by atoms with Gasteiger partial charge in [0.25, 0.3) is 5.88 Å². The van der Waals surface area contributed by atoms with E-state index in [0.29, 0.717) is 21.8 Å². The molecule has 33 heavy (non-hydrogen) atoms. The largest absolute Gasteiger partial charge is 0.436 e. The average Bonchev–Trinajstić information content (AvgIpc) is 3.16. The van der Waals surface area contributed by atoms with Crippen molar-refractivity contribution in [3.05, 3.63) is 99.9 Å². The highest BCUT2D eigenvalue weighted by atomic mass is 35.5. The summed E-state index contributed by atoms with van der Waals surface area (Å²) in [6, 6.07) is 23.5. The molecule has 0 spiro atoms. The summed E-state index contributed by atoms with van der Waals surface area (Å²) in [5, 5.41) is 7.69. The predicted molar refractivity (Wildman–Crippen MR) is 125 cm³/mol. The molecule has 0 fully saturated rings. The van der Waals surface area contributed by atoms with Gasteiger partial charge in [0.15, 0.2) is 0 Å². The molecule has 0 saturated carbocycles. The quantitative estimate of drug-likeness (QED) is 0.417. The van der Waals surface area contributed by atoms with E-state index >= 15 is 0 Å². The number of amides is 1. The normalized spacial score (nSPS) is 11.1. The third-order valence-electron chi connectivity index (χ3n) is 5.06. The van der Waals surface area contributed by atoms with Gasteiger partial charge in [0.05, 0.1) is 11.0 Å². The molecular formula is C24H18ClN5O3. The molecule has 5 rings (SSSR count). The second-order valence-electron chi connectivity index (χ2n) is 7.29. The maximum Gasteiger partial charge on any atom is 0.351 e. The Bertz CT molecular complexity index is 1530. The Hall–Kier alpha value is -4.17. The van der Waals surface area contributed by atoms with Crippen LogP contribution in [-0.2, 0) is 17.9 Å². The van der Waals surface area contributed by atoms with Crippen molar-refractivity contribution in [1.82, 2.24) is 24.5 Å². The number of rotatable bonds is 6. The van der Waals surface area contributed by atoms with Crippen molar-refractivity contribution in [2.24, 2.45) is 0 Å². The standard InChI is InChI=1S/C24H18ClN5O3/c25-18-11-5-4-8-16(18)14-26-21(31)15-29-24(32)30-20-13-7-6-12-19(20)27-23(22(30)28-29)33-17-9-2-1-3-10-17/h1-13H,14-15H2,(H,26,31). The van der Waals surface area contributed by atoms with Gasteiger partial charge in [0.1, 0.15) is 12.3 Å². The van der Waals surface area contributed by atoms with Crippen LogP contribution in [0.1, 0.15) is 5.56 Å². The van der Waals surface area contributed by atoms with Gasteiger partial charge >= 0.3 is 5.69 Å². The van der Waals surface area contributed by atoms with Crippen molar-refractivity contribution >= 4 is 34.2 Å². The van der Waals surface area contributed by atoms with E-state index in [9.17, 15) is 9.59 Å². The molecule has 1 amide bonds. The van der Waals surface area contributed by atoms with E-state index in [-0.39, 0.29) is 30.5 Å². The van der Waals surface area contributed by atoms with Crippen molar-refractivity contribution < 1.29 is 9.53 Å². The predicted octanol–water partition coefficient (Wildman–Crippen LogP) is 3.81. The number of nitrogens with one attached hydrogen (secondary N) is 1. The Morgan fingerprint density at radius 3 is 2.52 bits per heavy atom. The van der Waals surface area contributed by atoms with E-state index < -0.39 is 5.69 Å². The van der Waals surface area contributed by atoms with E-state index in [4.69, 9.17) is 16.3 Å². The molecule has 0 aliphatic heterocycles. The Morgan fingerprint density at radius 2 is 1.70 bits per heavy atom. The third kappa shape index (κ3) is 4.16. The summed E-state index contributed by atoms with van der Waals surface area (Å²) >= 11 is 6.14. The molecule has 2 aromatic heterocycles. The first-order valence-electron chi connectivity index (χ1n) is 10.2. The molecule has 1 N–H and O–H groups in total. The first-order valence-corrected chi connectivity index (χ1v) is 10.6. The van der Waals surface area contributed by atoms with Gasteiger partial charge in [0.2, 0.25) is 11.6 Å². The molecule has 9 heteroatoms. The van der Waals surface area contributed by atoms with Crippen LogP contribution in [0.15, 0.2) is 83.7 Å². The lowest BCUT2D eigenvalue weighted by atomic mass is 10.2. The van der Waals surface area contributed by atoms with E-state index in [1.165, 1.54) is 4.40 Å².